The summed E-state index contributed by atoms with van der Waals surface area (Å²) in [6.45, 7) is 9.76. The van der Waals surface area contributed by atoms with E-state index in [4.69, 9.17) is 13.5 Å². The maximum Gasteiger partial charge on any atom is 0.0716 e. The summed E-state index contributed by atoms with van der Waals surface area (Å²) in [4.78, 5) is 2.24. The molecule has 0 radical (unpaired) electrons. The van der Waals surface area contributed by atoms with E-state index in [0.717, 1.165) is 70.5 Å². The van der Waals surface area contributed by atoms with E-state index in [-0.39, 0.29) is 0 Å². The second-order valence-corrected chi connectivity index (χ2v) is 14.2. The second-order valence-electron chi connectivity index (χ2n) is 11.5. The Morgan fingerprint density at radius 1 is 0.537 bits per heavy atom. The topological polar surface area (TPSA) is 41.9 Å². The highest BCUT2D eigenvalue weighted by molar-refractivity contribution is 8.25. The molecule has 0 aliphatic heterocycles. The van der Waals surface area contributed by atoms with E-state index in [0.29, 0.717) is 6.61 Å². The lowest BCUT2D eigenvalue weighted by Crippen LogP contribution is -2.19. The van der Waals surface area contributed by atoms with Gasteiger partial charge in [-0.25, -0.2) is 0 Å². The molecule has 0 saturated heterocycles. The molecule has 0 amide bonds. The molecule has 0 aromatic rings. The minimum absolute atomic E-state index is 0.319. The fourth-order valence-corrected chi connectivity index (χ4v) is 6.02. The molecular weight excluding hydrogens is 526 g/mol. The second kappa shape index (κ2) is 35.6. The number of aliphatic hydroxyl groups is 1. The van der Waals surface area contributed by atoms with Gasteiger partial charge in [0.15, 0.2) is 0 Å². The summed E-state index contributed by atoms with van der Waals surface area (Å²) >= 11 is 0. The van der Waals surface area contributed by atoms with E-state index in [1.807, 2.05) is 0 Å². The first kappa shape index (κ1) is 42.5. The lowest BCUT2D eigenvalue weighted by Gasteiger charge is -2.40. The van der Waals surface area contributed by atoms with Crippen molar-refractivity contribution in [1.29, 1.82) is 0 Å². The van der Waals surface area contributed by atoms with Crippen molar-refractivity contribution in [3.8, 4) is 0 Å². The van der Waals surface area contributed by atoms with Crippen LogP contribution >= 0.6 is 10.6 Å². The van der Waals surface area contributed by atoms with Crippen molar-refractivity contribution in [1.82, 2.24) is 4.90 Å². The first-order chi connectivity index (χ1) is 20.0. The monoisotopic (exact) mass is 600 g/mol. The normalized spacial score (nSPS) is 12.7. The molecule has 4 nitrogen and oxygen atoms in total. The maximum atomic E-state index is 8.47. The highest BCUT2D eigenvalue weighted by Crippen LogP contribution is 2.47. The number of hydrogen-bond acceptors (Lipinski definition) is 4. The summed E-state index contributed by atoms with van der Waals surface area (Å²) in [5.41, 5.74) is 0. The molecule has 0 bridgehead atoms. The Kier molecular flexibility index (Phi) is 36.9. The van der Waals surface area contributed by atoms with Gasteiger partial charge < -0.3 is 10.0 Å². The lowest BCUT2D eigenvalue weighted by molar-refractivity contribution is 0.253. The number of unbranched alkanes of at least 4 members (excludes halogenated alkanes) is 12. The third-order valence-electron chi connectivity index (χ3n) is 6.77. The Morgan fingerprint density at radius 3 is 1.24 bits per heavy atom. The smallest absolute Gasteiger partial charge is 0.0716 e. The van der Waals surface area contributed by atoms with Crippen molar-refractivity contribution < 1.29 is 13.5 Å². The van der Waals surface area contributed by atoms with Gasteiger partial charge in [-0.05, 0) is 104 Å². The molecule has 0 saturated carbocycles. The van der Waals surface area contributed by atoms with Crippen molar-refractivity contribution in [2.45, 2.75) is 143 Å². The van der Waals surface area contributed by atoms with Crippen LogP contribution < -0.4 is 0 Å². The highest BCUT2D eigenvalue weighted by Gasteiger charge is 2.15. The number of nitrogens with zero attached hydrogens (tertiary/aromatic N) is 1. The molecule has 0 atom stereocenters. The summed E-state index contributed by atoms with van der Waals surface area (Å²) in [5, 5.41) is 8.47. The quantitative estimate of drug-likeness (QED) is 0.0686. The SMILES string of the molecule is CCCCC/C=C\CCCO.CCCCC/C=C\CCCOS(C)(CCCN(C)C)OCCC/C=C\CCCCC. The molecule has 41 heavy (non-hydrogen) atoms. The van der Waals surface area contributed by atoms with Gasteiger partial charge in [0.2, 0.25) is 0 Å². The van der Waals surface area contributed by atoms with Crippen LogP contribution in [0.25, 0.3) is 0 Å². The van der Waals surface area contributed by atoms with Gasteiger partial charge in [-0.3, -0.25) is 8.37 Å². The number of rotatable bonds is 29. The molecule has 0 fully saturated rings. The third kappa shape index (κ3) is 37.4. The molecular formula is C36H73NO3S. The van der Waals surface area contributed by atoms with Gasteiger partial charge in [0.1, 0.15) is 0 Å². The van der Waals surface area contributed by atoms with Gasteiger partial charge >= 0.3 is 0 Å². The van der Waals surface area contributed by atoms with E-state index in [1.54, 1.807) is 0 Å². The van der Waals surface area contributed by atoms with Crippen LogP contribution in [0.4, 0.5) is 0 Å². The standard InChI is InChI=1S/C26H53NO2S.C10H20O/c1-6-8-10-12-14-16-18-20-24-28-30(5,26-22-23-27(3)4)29-25-21-19-17-15-13-11-9-7-2;1-2-3-4-5-6-7-8-9-10-11/h14-17H,6-13,18-26H2,1-5H3;6-7,11H,2-5,8-10H2,1H3/b16-14-,17-15-;7-6-. The molecule has 0 aliphatic carbocycles. The lowest BCUT2D eigenvalue weighted by atomic mass is 10.2. The fraction of sp³-hybridized carbons (Fsp3) is 0.833. The van der Waals surface area contributed by atoms with Crippen LogP contribution in [0, 0.1) is 0 Å². The molecule has 1 N–H and O–H groups in total. The van der Waals surface area contributed by atoms with Gasteiger partial charge in [-0.1, -0.05) is 95.8 Å². The van der Waals surface area contributed by atoms with Crippen LogP contribution in [-0.2, 0) is 8.37 Å². The average molecular weight is 600 g/mol. The molecule has 0 heterocycles. The molecule has 0 aromatic carbocycles. The maximum absolute atomic E-state index is 8.47. The van der Waals surface area contributed by atoms with Gasteiger partial charge in [0.25, 0.3) is 0 Å². The van der Waals surface area contributed by atoms with Crippen molar-refractivity contribution in [2.24, 2.45) is 0 Å². The highest BCUT2D eigenvalue weighted by atomic mass is 32.3. The fourth-order valence-electron chi connectivity index (χ4n) is 4.12. The summed E-state index contributed by atoms with van der Waals surface area (Å²) in [6.07, 6.45) is 38.9. The molecule has 0 aliphatic rings. The minimum atomic E-state index is -1.42. The predicted octanol–water partition coefficient (Wildman–Crippen LogP) is 11.0. The summed E-state index contributed by atoms with van der Waals surface area (Å²) < 4.78 is 12.6. The first-order valence-corrected chi connectivity index (χ1v) is 19.3. The van der Waals surface area contributed by atoms with E-state index < -0.39 is 10.6 Å². The van der Waals surface area contributed by atoms with Crippen LogP contribution in [0.15, 0.2) is 36.5 Å². The predicted molar refractivity (Wildman–Crippen MR) is 188 cm³/mol. The molecule has 0 spiro atoms. The van der Waals surface area contributed by atoms with Gasteiger partial charge in [-0.2, -0.15) is 10.6 Å². The molecule has 5 heteroatoms. The zero-order valence-corrected chi connectivity index (χ0v) is 29.4. The average Bonchev–Trinajstić information content (AvgIpc) is 2.95. The zero-order chi connectivity index (χ0) is 30.7. The number of hydrogen-bond donors (Lipinski definition) is 1. The van der Waals surface area contributed by atoms with E-state index >= 15 is 0 Å². The van der Waals surface area contributed by atoms with Crippen molar-refractivity contribution >= 4 is 10.6 Å². The van der Waals surface area contributed by atoms with Crippen LogP contribution in [0.1, 0.15) is 143 Å². The Hall–Kier alpha value is -0.590. The largest absolute Gasteiger partial charge is 0.396 e. The Balaban J connectivity index is 0. The van der Waals surface area contributed by atoms with Crippen molar-refractivity contribution in [3.05, 3.63) is 36.5 Å². The van der Waals surface area contributed by atoms with Crippen LogP contribution in [0.3, 0.4) is 0 Å². The molecule has 246 valence electrons. The molecule has 0 unspecified atom stereocenters. The number of allylic oxidation sites excluding steroid dienone is 6. The van der Waals surface area contributed by atoms with Gasteiger partial charge in [0.05, 0.1) is 13.2 Å². The van der Waals surface area contributed by atoms with Crippen molar-refractivity contribution in [2.75, 3.05) is 52.5 Å². The van der Waals surface area contributed by atoms with Gasteiger partial charge in [-0.15, -0.1) is 0 Å². The zero-order valence-electron chi connectivity index (χ0n) is 28.6. The Bertz CT molecular complexity index is 549. The van der Waals surface area contributed by atoms with E-state index in [1.165, 1.54) is 77.0 Å². The summed E-state index contributed by atoms with van der Waals surface area (Å²) in [7, 11) is 2.85. The van der Waals surface area contributed by atoms with Gasteiger partial charge in [0, 0.05) is 18.6 Å². The third-order valence-corrected chi connectivity index (χ3v) is 9.13. The summed E-state index contributed by atoms with van der Waals surface area (Å²) in [5.74, 6) is 1.03. The summed E-state index contributed by atoms with van der Waals surface area (Å²) in [6, 6.07) is 0. The minimum Gasteiger partial charge on any atom is -0.396 e. The van der Waals surface area contributed by atoms with E-state index in [2.05, 4.69) is 82.5 Å². The van der Waals surface area contributed by atoms with Crippen molar-refractivity contribution in [3.63, 3.8) is 0 Å². The number of aliphatic hydroxyl groups excluding tert-OH is 1. The van der Waals surface area contributed by atoms with Crippen LogP contribution in [-0.4, -0.2) is 62.5 Å². The molecule has 0 aromatic heterocycles. The Morgan fingerprint density at radius 2 is 0.902 bits per heavy atom. The van der Waals surface area contributed by atoms with Crippen LogP contribution in [0.5, 0.6) is 0 Å². The molecule has 0 rings (SSSR count). The Labute approximate surface area is 260 Å². The van der Waals surface area contributed by atoms with E-state index in [9.17, 15) is 0 Å². The van der Waals surface area contributed by atoms with Crippen LogP contribution in [0.2, 0.25) is 0 Å². The first-order valence-electron chi connectivity index (χ1n) is 17.2.